The van der Waals surface area contributed by atoms with Crippen molar-refractivity contribution in [2.45, 2.75) is 52.0 Å². The van der Waals surface area contributed by atoms with Gasteiger partial charge in [-0.25, -0.2) is 9.97 Å². The predicted molar refractivity (Wildman–Crippen MR) is 82.4 cm³/mol. The topological polar surface area (TPSA) is 59.1 Å². The van der Waals surface area contributed by atoms with Gasteiger partial charge in [-0.05, 0) is 12.8 Å². The number of hydrogen-bond acceptors (Lipinski definition) is 5. The molecule has 0 saturated carbocycles. The number of rotatable bonds is 5. The molecule has 1 saturated heterocycles. The quantitative estimate of drug-likeness (QED) is 0.867. The van der Waals surface area contributed by atoms with E-state index in [1.807, 2.05) is 6.07 Å². The summed E-state index contributed by atoms with van der Waals surface area (Å²) in [6.07, 6.45) is 2.11. The lowest BCUT2D eigenvalue weighted by Crippen LogP contribution is -2.23. The minimum Gasteiger partial charge on any atom is -0.379 e. The Kier molecular flexibility index (Phi) is 4.81. The van der Waals surface area contributed by atoms with E-state index in [1.165, 1.54) is 0 Å². The van der Waals surface area contributed by atoms with Crippen LogP contribution in [0.1, 0.15) is 46.4 Å². The molecule has 1 atom stereocenters. The summed E-state index contributed by atoms with van der Waals surface area (Å²) in [5, 5.41) is 6.80. The van der Waals surface area contributed by atoms with Crippen LogP contribution in [0.25, 0.3) is 0 Å². The van der Waals surface area contributed by atoms with E-state index in [1.54, 1.807) is 0 Å². The zero-order valence-corrected chi connectivity index (χ0v) is 13.0. The molecule has 0 amide bonds. The molecule has 2 heterocycles. The van der Waals surface area contributed by atoms with Crippen molar-refractivity contribution in [1.29, 1.82) is 0 Å². The Balaban J connectivity index is 2.19. The van der Waals surface area contributed by atoms with Crippen molar-refractivity contribution in [3.8, 4) is 0 Å². The van der Waals surface area contributed by atoms with Gasteiger partial charge in [-0.1, -0.05) is 27.7 Å². The van der Waals surface area contributed by atoms with Crippen molar-refractivity contribution in [3.63, 3.8) is 0 Å². The zero-order chi connectivity index (χ0) is 14.6. The maximum absolute atomic E-state index is 5.40. The predicted octanol–water partition coefficient (Wildman–Crippen LogP) is 2.80. The maximum atomic E-state index is 5.40. The molecule has 20 heavy (non-hydrogen) atoms. The minimum absolute atomic E-state index is 0.0630. The highest BCUT2D eigenvalue weighted by Gasteiger charge is 2.21. The van der Waals surface area contributed by atoms with Crippen molar-refractivity contribution in [2.75, 3.05) is 30.4 Å². The summed E-state index contributed by atoms with van der Waals surface area (Å²) in [7, 11) is 0. The molecular weight excluding hydrogens is 252 g/mol. The molecule has 1 aliphatic heterocycles. The Morgan fingerprint density at radius 2 is 2.05 bits per heavy atom. The number of hydrogen-bond donors (Lipinski definition) is 2. The van der Waals surface area contributed by atoms with Crippen LogP contribution in [0.15, 0.2) is 6.07 Å². The molecule has 5 heteroatoms. The molecule has 1 aromatic heterocycles. The van der Waals surface area contributed by atoms with Gasteiger partial charge in [-0.3, -0.25) is 0 Å². The van der Waals surface area contributed by atoms with Crippen molar-refractivity contribution in [1.82, 2.24) is 9.97 Å². The van der Waals surface area contributed by atoms with Gasteiger partial charge in [0, 0.05) is 24.6 Å². The summed E-state index contributed by atoms with van der Waals surface area (Å²) >= 11 is 0. The summed E-state index contributed by atoms with van der Waals surface area (Å²) in [6.45, 7) is 11.1. The Hall–Kier alpha value is -1.36. The molecule has 5 nitrogen and oxygen atoms in total. The van der Waals surface area contributed by atoms with E-state index in [4.69, 9.17) is 4.74 Å². The van der Waals surface area contributed by atoms with Gasteiger partial charge in [0.15, 0.2) is 0 Å². The molecule has 0 spiro atoms. The third kappa shape index (κ3) is 4.07. The van der Waals surface area contributed by atoms with E-state index in [-0.39, 0.29) is 5.41 Å². The lowest BCUT2D eigenvalue weighted by atomic mass is 9.96. The van der Waals surface area contributed by atoms with Crippen LogP contribution in [0.3, 0.4) is 0 Å². The summed E-state index contributed by atoms with van der Waals surface area (Å²) in [6, 6.07) is 2.35. The van der Waals surface area contributed by atoms with Crippen LogP contribution in [0.2, 0.25) is 0 Å². The average Bonchev–Trinajstić information content (AvgIpc) is 2.88. The monoisotopic (exact) mass is 278 g/mol. The summed E-state index contributed by atoms with van der Waals surface area (Å²) < 4.78 is 5.40. The number of aromatic nitrogens is 2. The largest absolute Gasteiger partial charge is 0.379 e. The smallest absolute Gasteiger partial charge is 0.138 e. The highest BCUT2D eigenvalue weighted by molar-refractivity contribution is 5.48. The molecule has 2 N–H and O–H groups in total. The third-order valence-corrected chi connectivity index (χ3v) is 3.23. The van der Waals surface area contributed by atoms with Crippen LogP contribution in [0.4, 0.5) is 11.6 Å². The first-order chi connectivity index (χ1) is 9.49. The van der Waals surface area contributed by atoms with Crippen LogP contribution >= 0.6 is 0 Å². The van der Waals surface area contributed by atoms with E-state index in [0.717, 1.165) is 50.1 Å². The van der Waals surface area contributed by atoms with E-state index in [0.29, 0.717) is 6.04 Å². The van der Waals surface area contributed by atoms with Gasteiger partial charge in [0.25, 0.3) is 0 Å². The van der Waals surface area contributed by atoms with Crippen LogP contribution in [-0.2, 0) is 10.2 Å². The summed E-state index contributed by atoms with van der Waals surface area (Å²) in [5.74, 6) is 2.65. The van der Waals surface area contributed by atoms with Crippen LogP contribution in [0.5, 0.6) is 0 Å². The molecule has 1 aromatic rings. The molecule has 1 unspecified atom stereocenters. The molecule has 1 fully saturated rings. The fraction of sp³-hybridized carbons (Fsp3) is 0.733. The SMILES string of the molecule is CCCNc1cc(NC2CCOC2)nc(C(C)(C)C)n1. The highest BCUT2D eigenvalue weighted by Crippen LogP contribution is 2.23. The second kappa shape index (κ2) is 6.39. The number of ether oxygens (including phenoxy) is 1. The summed E-state index contributed by atoms with van der Waals surface area (Å²) in [4.78, 5) is 9.28. The van der Waals surface area contributed by atoms with E-state index in [9.17, 15) is 0 Å². The second-order valence-corrected chi connectivity index (χ2v) is 6.34. The normalized spacial score (nSPS) is 19.1. The van der Waals surface area contributed by atoms with Crippen LogP contribution < -0.4 is 10.6 Å². The van der Waals surface area contributed by atoms with Gasteiger partial charge in [0.2, 0.25) is 0 Å². The zero-order valence-electron chi connectivity index (χ0n) is 13.0. The van der Waals surface area contributed by atoms with Gasteiger partial charge in [-0.2, -0.15) is 0 Å². The van der Waals surface area contributed by atoms with Gasteiger partial charge in [-0.15, -0.1) is 0 Å². The van der Waals surface area contributed by atoms with E-state index >= 15 is 0 Å². The first kappa shape index (κ1) is 15.0. The number of nitrogens with one attached hydrogen (secondary N) is 2. The lowest BCUT2D eigenvalue weighted by molar-refractivity contribution is 0.195. The highest BCUT2D eigenvalue weighted by atomic mass is 16.5. The molecule has 1 aliphatic rings. The fourth-order valence-electron chi connectivity index (χ4n) is 2.06. The van der Waals surface area contributed by atoms with Crippen molar-refractivity contribution in [3.05, 3.63) is 11.9 Å². The van der Waals surface area contributed by atoms with Crippen molar-refractivity contribution in [2.24, 2.45) is 0 Å². The van der Waals surface area contributed by atoms with Crippen LogP contribution in [-0.4, -0.2) is 35.8 Å². The van der Waals surface area contributed by atoms with Crippen LogP contribution in [0, 0.1) is 0 Å². The van der Waals surface area contributed by atoms with Gasteiger partial charge < -0.3 is 15.4 Å². The van der Waals surface area contributed by atoms with E-state index < -0.39 is 0 Å². The summed E-state index contributed by atoms with van der Waals surface area (Å²) in [5.41, 5.74) is -0.0630. The first-order valence-electron chi connectivity index (χ1n) is 7.46. The second-order valence-electron chi connectivity index (χ2n) is 6.34. The molecular formula is C15H26N4O. The van der Waals surface area contributed by atoms with Crippen molar-refractivity contribution >= 4 is 11.6 Å². The Labute approximate surface area is 121 Å². The molecule has 0 radical (unpaired) electrons. The molecule has 0 aromatic carbocycles. The Morgan fingerprint density at radius 3 is 2.65 bits per heavy atom. The molecule has 0 bridgehead atoms. The first-order valence-corrected chi connectivity index (χ1v) is 7.46. The molecule has 112 valence electrons. The van der Waals surface area contributed by atoms with Gasteiger partial charge >= 0.3 is 0 Å². The Bertz CT molecular complexity index is 436. The number of nitrogens with zero attached hydrogens (tertiary/aromatic N) is 2. The Morgan fingerprint density at radius 1 is 1.30 bits per heavy atom. The standard InChI is InChI=1S/C15H26N4O/c1-5-7-16-12-9-13(17-11-6-8-20-10-11)19-14(18-12)15(2,3)4/h9,11H,5-8,10H2,1-4H3,(H2,16,17,18,19). The lowest BCUT2D eigenvalue weighted by Gasteiger charge is -2.20. The molecule has 0 aliphatic carbocycles. The number of anilines is 2. The average molecular weight is 278 g/mol. The van der Waals surface area contributed by atoms with Crippen molar-refractivity contribution < 1.29 is 4.74 Å². The van der Waals surface area contributed by atoms with E-state index in [2.05, 4.69) is 48.3 Å². The molecule has 2 rings (SSSR count). The van der Waals surface area contributed by atoms with Gasteiger partial charge in [0.05, 0.1) is 12.6 Å². The minimum atomic E-state index is -0.0630. The fourth-order valence-corrected chi connectivity index (χ4v) is 2.06. The van der Waals surface area contributed by atoms with Gasteiger partial charge in [0.1, 0.15) is 17.5 Å². The maximum Gasteiger partial charge on any atom is 0.138 e. The third-order valence-electron chi connectivity index (χ3n) is 3.23.